The summed E-state index contributed by atoms with van der Waals surface area (Å²) in [5, 5.41) is 14.7. The van der Waals surface area contributed by atoms with E-state index in [1.807, 2.05) is 48.5 Å². The molecule has 15 nitrogen and oxygen atoms in total. The van der Waals surface area contributed by atoms with Crippen molar-refractivity contribution in [3.05, 3.63) is 12.7 Å². The third kappa shape index (κ3) is 42.5. The number of nitrogens with two attached hydrogens (primary N) is 2. The molecule has 0 spiro atoms. The molecule has 0 saturated heterocycles. The van der Waals surface area contributed by atoms with Crippen molar-refractivity contribution in [1.29, 1.82) is 5.41 Å². The van der Waals surface area contributed by atoms with E-state index in [1.54, 1.807) is 14.0 Å². The number of nitrogens with one attached hydrogen (secondary N) is 4. The Morgan fingerprint density at radius 3 is 1.58 bits per heavy atom. The first-order valence-corrected chi connectivity index (χ1v) is 18.8. The van der Waals surface area contributed by atoms with Gasteiger partial charge in [0.05, 0.1) is 24.9 Å². The Labute approximate surface area is 320 Å². The van der Waals surface area contributed by atoms with E-state index in [0.717, 1.165) is 6.54 Å². The van der Waals surface area contributed by atoms with E-state index in [2.05, 4.69) is 36.4 Å². The molecule has 312 valence electrons. The fourth-order valence-corrected chi connectivity index (χ4v) is 3.38. The van der Waals surface area contributed by atoms with Gasteiger partial charge in [0.2, 0.25) is 11.8 Å². The molecule has 4 atom stereocenters. The molecule has 15 heteroatoms. The number of ether oxygens (including phenoxy) is 2. The Bertz CT molecular complexity index is 947. The minimum atomic E-state index is -1.00. The Hall–Kier alpha value is -3.82. The van der Waals surface area contributed by atoms with Gasteiger partial charge in [0.15, 0.2) is 5.78 Å². The quantitative estimate of drug-likeness (QED) is 0.0375. The molecule has 0 aromatic heterocycles. The summed E-state index contributed by atoms with van der Waals surface area (Å²) in [5.41, 5.74) is 10.6. The number of hydrogen-bond donors (Lipinski definition) is 6. The van der Waals surface area contributed by atoms with Crippen molar-refractivity contribution in [2.45, 2.75) is 151 Å². The van der Waals surface area contributed by atoms with Gasteiger partial charge < -0.3 is 51.9 Å². The Morgan fingerprint density at radius 2 is 1.21 bits per heavy atom. The molecule has 53 heavy (non-hydrogen) atoms. The van der Waals surface area contributed by atoms with Gasteiger partial charge in [0.1, 0.15) is 31.3 Å². The number of esters is 2. The first kappa shape index (κ1) is 61.2. The zero-order chi connectivity index (χ0) is 42.6. The van der Waals surface area contributed by atoms with Crippen LogP contribution in [0.5, 0.6) is 0 Å². The maximum Gasteiger partial charge on any atom is 0.328 e. The molecular formula is C38H76N6O9. The number of Topliss-reactive ketones (excluding diaryl/α,β-unsaturated/α-hetero) is 1. The van der Waals surface area contributed by atoms with Gasteiger partial charge in [0, 0.05) is 19.3 Å². The average molecular weight is 761 g/mol. The number of likely N-dealkylation sites (N-methyl/N-ethyl adjacent to an activating group) is 1. The van der Waals surface area contributed by atoms with Crippen LogP contribution in [0.25, 0.3) is 0 Å². The van der Waals surface area contributed by atoms with Gasteiger partial charge >= 0.3 is 11.9 Å². The second kappa shape index (κ2) is 48.2. The summed E-state index contributed by atoms with van der Waals surface area (Å²) < 4.78 is 9.75. The molecular weight excluding hydrogens is 684 g/mol. The fourth-order valence-electron chi connectivity index (χ4n) is 3.38. The summed E-state index contributed by atoms with van der Waals surface area (Å²) in [6, 6.07) is -3.10. The SMILES string of the molecule is C=CCOC(=O)C(CCC(=O)C=N)NC(=O)C(CCC=O)NC.CC.CC.CCCC.CCN.CCOC(=O)C(CCC=O)NC(=O)C(N)CC(C)C. The standard InChI is InChI=1S/C15H23N3O5.C13H24N2O4.C4H10.C2H7N.2C2H6/c1-3-9-23-15(22)13(7-6-11(20)10-16)18-14(21)12(17-2)5-4-8-19;1-4-19-13(18)11(6-5-7-16)15-12(17)10(14)8-9(2)3;1-3-4-2;1-2-3;2*1-2/h3,8,10,12-13,16-17H,1,4-7,9H2,2H3,(H,18,21);7,9-11H,4-6,8,14H2,1-3H3,(H,15,17);3-4H2,1-2H3;2-3H2,1H3;2*1-2H3. The largest absolute Gasteiger partial charge is 0.464 e. The second-order valence-corrected chi connectivity index (χ2v) is 10.9. The summed E-state index contributed by atoms with van der Waals surface area (Å²) in [5.74, 6) is -2.23. The zero-order valence-electron chi connectivity index (χ0n) is 34.7. The summed E-state index contributed by atoms with van der Waals surface area (Å²) in [6.45, 7) is 24.3. The number of amides is 2. The molecule has 0 aromatic rings. The van der Waals surface area contributed by atoms with Crippen molar-refractivity contribution in [3.8, 4) is 0 Å². The molecule has 0 rings (SSSR count). The van der Waals surface area contributed by atoms with Crippen LogP contribution in [-0.4, -0.2) is 99.3 Å². The third-order valence-corrected chi connectivity index (χ3v) is 6.05. The first-order chi connectivity index (χ1) is 25.2. The van der Waals surface area contributed by atoms with Crippen LogP contribution in [0.1, 0.15) is 127 Å². The topological polar surface area (TPSA) is 250 Å². The highest BCUT2D eigenvalue weighted by atomic mass is 16.5. The maximum atomic E-state index is 12.1. The van der Waals surface area contributed by atoms with Crippen molar-refractivity contribution >= 4 is 48.3 Å². The van der Waals surface area contributed by atoms with Gasteiger partial charge in [-0.2, -0.15) is 0 Å². The molecule has 0 aromatic carbocycles. The van der Waals surface area contributed by atoms with E-state index in [9.17, 15) is 33.6 Å². The smallest absolute Gasteiger partial charge is 0.328 e. The number of aldehydes is 2. The van der Waals surface area contributed by atoms with Crippen LogP contribution in [0, 0.1) is 11.3 Å². The van der Waals surface area contributed by atoms with E-state index in [1.165, 1.54) is 18.9 Å². The van der Waals surface area contributed by atoms with Gasteiger partial charge in [-0.3, -0.25) is 14.4 Å². The number of unbranched alkanes of at least 4 members (excludes halogenated alkanes) is 1. The van der Waals surface area contributed by atoms with Crippen LogP contribution in [-0.2, 0) is 43.0 Å². The van der Waals surface area contributed by atoms with Crippen LogP contribution in [0.2, 0.25) is 0 Å². The lowest BCUT2D eigenvalue weighted by Gasteiger charge is -2.20. The number of carbonyl (C=O) groups is 7. The highest BCUT2D eigenvalue weighted by Gasteiger charge is 2.26. The predicted octanol–water partition coefficient (Wildman–Crippen LogP) is 3.98. The molecule has 8 N–H and O–H groups in total. The molecule has 0 aliphatic carbocycles. The molecule has 2 amide bonds. The second-order valence-electron chi connectivity index (χ2n) is 10.9. The lowest BCUT2D eigenvalue weighted by atomic mass is 10.0. The van der Waals surface area contributed by atoms with E-state index in [-0.39, 0.29) is 51.2 Å². The van der Waals surface area contributed by atoms with E-state index < -0.39 is 53.7 Å². The number of rotatable bonds is 23. The summed E-state index contributed by atoms with van der Waals surface area (Å²) in [7, 11) is 1.57. The van der Waals surface area contributed by atoms with Crippen LogP contribution in [0.3, 0.4) is 0 Å². The lowest BCUT2D eigenvalue weighted by Crippen LogP contribution is -2.50. The summed E-state index contributed by atoms with van der Waals surface area (Å²) in [4.78, 5) is 79.5. The zero-order valence-corrected chi connectivity index (χ0v) is 34.7. The molecule has 0 aliphatic heterocycles. The predicted molar refractivity (Wildman–Crippen MR) is 214 cm³/mol. The fraction of sp³-hybridized carbons (Fsp3) is 0.737. The van der Waals surface area contributed by atoms with Gasteiger partial charge in [-0.25, -0.2) is 9.59 Å². The van der Waals surface area contributed by atoms with Crippen molar-refractivity contribution in [2.24, 2.45) is 17.4 Å². The van der Waals surface area contributed by atoms with Gasteiger partial charge in [-0.05, 0) is 52.1 Å². The molecule has 0 radical (unpaired) electrons. The number of hydrogen-bond acceptors (Lipinski definition) is 13. The maximum absolute atomic E-state index is 12.1. The molecule has 0 fully saturated rings. The highest BCUT2D eigenvalue weighted by Crippen LogP contribution is 2.06. The first-order valence-electron chi connectivity index (χ1n) is 18.8. The van der Waals surface area contributed by atoms with Gasteiger partial charge in [-0.1, -0.05) is 87.8 Å². The van der Waals surface area contributed by atoms with Gasteiger partial charge in [-0.15, -0.1) is 0 Å². The Morgan fingerprint density at radius 1 is 0.774 bits per heavy atom. The number of ketones is 1. The molecule has 0 heterocycles. The van der Waals surface area contributed by atoms with Crippen molar-refractivity contribution in [2.75, 3.05) is 26.8 Å². The van der Waals surface area contributed by atoms with Crippen molar-refractivity contribution in [1.82, 2.24) is 16.0 Å². The van der Waals surface area contributed by atoms with Crippen LogP contribution >= 0.6 is 0 Å². The third-order valence-electron chi connectivity index (χ3n) is 6.05. The van der Waals surface area contributed by atoms with Crippen LogP contribution < -0.4 is 27.4 Å². The lowest BCUT2D eigenvalue weighted by molar-refractivity contribution is -0.148. The summed E-state index contributed by atoms with van der Waals surface area (Å²) in [6.07, 6.45) is 7.50. The van der Waals surface area contributed by atoms with Crippen LogP contribution in [0.15, 0.2) is 12.7 Å². The summed E-state index contributed by atoms with van der Waals surface area (Å²) >= 11 is 0. The minimum absolute atomic E-state index is 0.00961. The highest BCUT2D eigenvalue weighted by molar-refractivity contribution is 6.26. The molecule has 0 saturated carbocycles. The van der Waals surface area contributed by atoms with Crippen molar-refractivity contribution in [3.63, 3.8) is 0 Å². The monoisotopic (exact) mass is 761 g/mol. The van der Waals surface area contributed by atoms with E-state index in [0.29, 0.717) is 31.6 Å². The Kier molecular flexibility index (Phi) is 55.7. The Balaban J connectivity index is -0.000000165. The van der Waals surface area contributed by atoms with Gasteiger partial charge in [0.25, 0.3) is 0 Å². The van der Waals surface area contributed by atoms with Crippen molar-refractivity contribution < 1.29 is 43.0 Å². The normalized spacial score (nSPS) is 11.5. The average Bonchev–Trinajstić information content (AvgIpc) is 3.15. The molecule has 0 aliphatic rings. The minimum Gasteiger partial charge on any atom is -0.464 e. The van der Waals surface area contributed by atoms with Crippen LogP contribution in [0.4, 0.5) is 0 Å². The van der Waals surface area contributed by atoms with E-state index in [4.69, 9.17) is 26.4 Å². The molecule has 4 unspecified atom stereocenters. The number of carbonyl (C=O) groups excluding carboxylic acids is 7. The van der Waals surface area contributed by atoms with E-state index >= 15 is 0 Å². The molecule has 0 bridgehead atoms.